The van der Waals surface area contributed by atoms with Gasteiger partial charge in [0, 0.05) is 6.61 Å². The van der Waals surface area contributed by atoms with Crippen LogP contribution < -0.4 is 0 Å². The zero-order valence-corrected chi connectivity index (χ0v) is 12.7. The number of carboxylic acids is 1. The molecule has 0 fully saturated rings. The summed E-state index contributed by atoms with van der Waals surface area (Å²) in [5, 5.41) is 20.7. The summed E-state index contributed by atoms with van der Waals surface area (Å²) in [6, 6.07) is 0. The Morgan fingerprint density at radius 3 is 2.70 bits per heavy atom. The van der Waals surface area contributed by atoms with E-state index in [4.69, 9.17) is 4.74 Å². The third kappa shape index (κ3) is 5.64. The standard InChI is InChI=1S/C13H24N4O3/c1-5-6-20-9-11-14-15-16-17(11)8-10(12(18)19)7-13(2,3)4/h10H,5-9H2,1-4H3,(H,18,19). The van der Waals surface area contributed by atoms with E-state index in [2.05, 4.69) is 15.5 Å². The van der Waals surface area contributed by atoms with E-state index in [-0.39, 0.29) is 12.0 Å². The Hall–Kier alpha value is -1.50. The van der Waals surface area contributed by atoms with Crippen LogP contribution in [0.3, 0.4) is 0 Å². The molecule has 0 aliphatic heterocycles. The Kier molecular flexibility index (Phi) is 6.06. The maximum atomic E-state index is 11.4. The van der Waals surface area contributed by atoms with Crippen LogP contribution in [0.4, 0.5) is 0 Å². The highest BCUT2D eigenvalue weighted by molar-refractivity contribution is 5.69. The van der Waals surface area contributed by atoms with Crippen molar-refractivity contribution >= 4 is 5.97 Å². The largest absolute Gasteiger partial charge is 0.481 e. The van der Waals surface area contributed by atoms with Gasteiger partial charge in [0.2, 0.25) is 0 Å². The van der Waals surface area contributed by atoms with Gasteiger partial charge in [-0.1, -0.05) is 27.7 Å². The molecule has 0 aliphatic rings. The van der Waals surface area contributed by atoms with Crippen LogP contribution in [-0.2, 0) is 22.7 Å². The second-order valence-corrected chi connectivity index (χ2v) is 6.13. The van der Waals surface area contributed by atoms with Gasteiger partial charge in [0.1, 0.15) is 6.61 Å². The van der Waals surface area contributed by atoms with E-state index < -0.39 is 11.9 Å². The molecule has 1 heterocycles. The van der Waals surface area contributed by atoms with E-state index in [1.165, 1.54) is 4.68 Å². The fraction of sp³-hybridized carbons (Fsp3) is 0.846. The average Bonchev–Trinajstić information content (AvgIpc) is 2.74. The molecule has 1 rings (SSSR count). The normalized spacial score (nSPS) is 13.4. The van der Waals surface area contributed by atoms with Gasteiger partial charge in [0.05, 0.1) is 12.5 Å². The lowest BCUT2D eigenvalue weighted by atomic mass is 9.84. The highest BCUT2D eigenvalue weighted by Crippen LogP contribution is 2.25. The van der Waals surface area contributed by atoms with Crippen molar-refractivity contribution in [2.45, 2.75) is 53.7 Å². The van der Waals surface area contributed by atoms with Crippen LogP contribution in [0.2, 0.25) is 0 Å². The van der Waals surface area contributed by atoms with E-state index >= 15 is 0 Å². The lowest BCUT2D eigenvalue weighted by molar-refractivity contribution is -0.143. The summed E-state index contributed by atoms with van der Waals surface area (Å²) in [5.74, 6) is -0.766. The molecule has 0 radical (unpaired) electrons. The SMILES string of the molecule is CCCOCc1nnnn1CC(CC(C)(C)C)C(=O)O. The molecule has 1 aromatic rings. The van der Waals surface area contributed by atoms with E-state index in [0.29, 0.717) is 25.5 Å². The molecule has 1 atom stereocenters. The van der Waals surface area contributed by atoms with Gasteiger partial charge in [-0.2, -0.15) is 0 Å². The molecule has 0 saturated heterocycles. The molecule has 0 aromatic carbocycles. The zero-order valence-electron chi connectivity index (χ0n) is 12.7. The van der Waals surface area contributed by atoms with Gasteiger partial charge in [-0.15, -0.1) is 5.10 Å². The van der Waals surface area contributed by atoms with E-state index in [1.807, 2.05) is 27.7 Å². The van der Waals surface area contributed by atoms with Crippen molar-refractivity contribution < 1.29 is 14.6 Å². The molecular weight excluding hydrogens is 260 g/mol. The number of tetrazole rings is 1. The Morgan fingerprint density at radius 1 is 1.45 bits per heavy atom. The fourth-order valence-electron chi connectivity index (χ4n) is 1.95. The van der Waals surface area contributed by atoms with Gasteiger partial charge in [-0.05, 0) is 28.7 Å². The summed E-state index contributed by atoms with van der Waals surface area (Å²) in [6.07, 6.45) is 1.49. The summed E-state index contributed by atoms with van der Waals surface area (Å²) in [4.78, 5) is 11.4. The van der Waals surface area contributed by atoms with Crippen LogP contribution in [0.25, 0.3) is 0 Å². The number of ether oxygens (including phenoxy) is 1. The van der Waals surface area contributed by atoms with Crippen LogP contribution in [0, 0.1) is 11.3 Å². The average molecular weight is 284 g/mol. The summed E-state index contributed by atoms with van der Waals surface area (Å²) in [7, 11) is 0. The van der Waals surface area contributed by atoms with Crippen LogP contribution in [0.1, 0.15) is 46.4 Å². The van der Waals surface area contributed by atoms with Gasteiger partial charge >= 0.3 is 5.97 Å². The van der Waals surface area contributed by atoms with Crippen molar-refractivity contribution in [3.8, 4) is 0 Å². The molecule has 0 aliphatic carbocycles. The van der Waals surface area contributed by atoms with Gasteiger partial charge in [0.15, 0.2) is 5.82 Å². The highest BCUT2D eigenvalue weighted by atomic mass is 16.5. The summed E-state index contributed by atoms with van der Waals surface area (Å²) < 4.78 is 6.93. The quantitative estimate of drug-likeness (QED) is 0.731. The lowest BCUT2D eigenvalue weighted by Gasteiger charge is -2.23. The Labute approximate surface area is 119 Å². The number of hydrogen-bond acceptors (Lipinski definition) is 5. The first-order valence-electron chi connectivity index (χ1n) is 6.89. The molecule has 1 unspecified atom stereocenters. The first kappa shape index (κ1) is 16.6. The Bertz CT molecular complexity index is 425. The first-order valence-corrected chi connectivity index (χ1v) is 6.89. The van der Waals surface area contributed by atoms with Crippen molar-refractivity contribution in [1.29, 1.82) is 0 Å². The van der Waals surface area contributed by atoms with Crippen molar-refractivity contribution in [2.24, 2.45) is 11.3 Å². The molecule has 0 saturated carbocycles. The van der Waals surface area contributed by atoms with Crippen molar-refractivity contribution in [3.05, 3.63) is 5.82 Å². The molecule has 20 heavy (non-hydrogen) atoms. The van der Waals surface area contributed by atoms with Gasteiger partial charge in [-0.3, -0.25) is 4.79 Å². The smallest absolute Gasteiger partial charge is 0.308 e. The van der Waals surface area contributed by atoms with Crippen LogP contribution in [0.15, 0.2) is 0 Å². The highest BCUT2D eigenvalue weighted by Gasteiger charge is 2.26. The number of hydrogen-bond donors (Lipinski definition) is 1. The molecular formula is C13H24N4O3. The molecule has 0 spiro atoms. The maximum Gasteiger partial charge on any atom is 0.308 e. The number of carbonyl (C=O) groups is 1. The predicted molar refractivity (Wildman–Crippen MR) is 73.0 cm³/mol. The van der Waals surface area contributed by atoms with Crippen molar-refractivity contribution in [1.82, 2.24) is 20.2 Å². The van der Waals surface area contributed by atoms with E-state index in [1.54, 1.807) is 0 Å². The number of aromatic nitrogens is 4. The second kappa shape index (κ2) is 7.33. The van der Waals surface area contributed by atoms with Crippen LogP contribution in [-0.4, -0.2) is 37.9 Å². The van der Waals surface area contributed by atoms with Crippen LogP contribution >= 0.6 is 0 Å². The van der Waals surface area contributed by atoms with Gasteiger partial charge < -0.3 is 9.84 Å². The molecule has 0 bridgehead atoms. The first-order chi connectivity index (χ1) is 9.33. The van der Waals surface area contributed by atoms with Crippen molar-refractivity contribution in [2.75, 3.05) is 6.61 Å². The lowest BCUT2D eigenvalue weighted by Crippen LogP contribution is -2.26. The number of aliphatic carboxylic acids is 1. The molecule has 7 nitrogen and oxygen atoms in total. The van der Waals surface area contributed by atoms with Crippen LogP contribution in [0.5, 0.6) is 0 Å². The summed E-state index contributed by atoms with van der Waals surface area (Å²) >= 11 is 0. The van der Waals surface area contributed by atoms with Crippen molar-refractivity contribution in [3.63, 3.8) is 0 Å². The Balaban J connectivity index is 2.69. The minimum Gasteiger partial charge on any atom is -0.481 e. The third-order valence-corrected chi connectivity index (χ3v) is 2.79. The predicted octanol–water partition coefficient (Wildman–Crippen LogP) is 1.74. The van der Waals surface area contributed by atoms with Gasteiger partial charge in [-0.25, -0.2) is 4.68 Å². The molecule has 1 N–H and O–H groups in total. The number of carboxylic acid groups (broad SMARTS) is 1. The third-order valence-electron chi connectivity index (χ3n) is 2.79. The van der Waals surface area contributed by atoms with E-state index in [0.717, 1.165) is 6.42 Å². The maximum absolute atomic E-state index is 11.4. The minimum atomic E-state index is -0.823. The minimum absolute atomic E-state index is 0.0596. The summed E-state index contributed by atoms with van der Waals surface area (Å²) in [6.45, 7) is 9.30. The topological polar surface area (TPSA) is 90.1 Å². The van der Waals surface area contributed by atoms with Gasteiger partial charge in [0.25, 0.3) is 0 Å². The monoisotopic (exact) mass is 284 g/mol. The Morgan fingerprint density at radius 2 is 2.15 bits per heavy atom. The number of nitrogens with zero attached hydrogens (tertiary/aromatic N) is 4. The molecule has 7 heteroatoms. The fourth-order valence-corrected chi connectivity index (χ4v) is 1.95. The summed E-state index contributed by atoms with van der Waals surface area (Å²) in [5.41, 5.74) is -0.0596. The number of rotatable bonds is 8. The molecule has 0 amide bonds. The zero-order chi connectivity index (χ0) is 15.2. The second-order valence-electron chi connectivity index (χ2n) is 6.13. The van der Waals surface area contributed by atoms with E-state index in [9.17, 15) is 9.90 Å². The molecule has 1 aromatic heterocycles. The molecule has 114 valence electrons.